The van der Waals surface area contributed by atoms with Gasteiger partial charge in [-0.15, -0.1) is 0 Å². The van der Waals surface area contributed by atoms with Crippen LogP contribution in [-0.4, -0.2) is 24.4 Å². The number of rotatable bonds is 35. The van der Waals surface area contributed by atoms with Gasteiger partial charge >= 0.3 is 0 Å². The van der Waals surface area contributed by atoms with Gasteiger partial charge in [0.05, 0.1) is 14.2 Å². The lowest BCUT2D eigenvalue weighted by molar-refractivity contribution is 0.314. The molecule has 0 spiro atoms. The molecule has 338 valence electrons. The number of benzene rings is 1. The Hall–Kier alpha value is -2.10. The van der Waals surface area contributed by atoms with E-state index >= 15 is 0 Å². The zero-order valence-electron chi connectivity index (χ0n) is 40.9. The van der Waals surface area contributed by atoms with Gasteiger partial charge in [-0.3, -0.25) is 0 Å². The first kappa shape index (κ1) is 53.9. The largest absolute Gasteiger partial charge is 0.504 e. The van der Waals surface area contributed by atoms with Gasteiger partial charge < -0.3 is 19.7 Å². The summed E-state index contributed by atoms with van der Waals surface area (Å²) in [5, 5.41) is 21.3. The smallest absolute Gasteiger partial charge is 0.207 e. The molecule has 1 aromatic carbocycles. The molecule has 4 nitrogen and oxygen atoms in total. The Morgan fingerprint density at radius 3 is 1.17 bits per heavy atom. The van der Waals surface area contributed by atoms with Crippen LogP contribution in [0.4, 0.5) is 0 Å². The van der Waals surface area contributed by atoms with E-state index in [-0.39, 0.29) is 23.0 Å². The second-order valence-electron chi connectivity index (χ2n) is 20.2. The van der Waals surface area contributed by atoms with E-state index in [1.54, 1.807) is 12.5 Å². The Balaban J connectivity index is 2.13. The van der Waals surface area contributed by atoms with E-state index in [1.165, 1.54) is 161 Å². The Morgan fingerprint density at radius 2 is 0.793 bits per heavy atom. The van der Waals surface area contributed by atoms with E-state index < -0.39 is 0 Å². The summed E-state index contributed by atoms with van der Waals surface area (Å²) in [7, 11) is 2.94. The van der Waals surface area contributed by atoms with Gasteiger partial charge in [0.1, 0.15) is 0 Å². The molecule has 6 unspecified atom stereocenters. The van der Waals surface area contributed by atoms with Crippen LogP contribution in [0.1, 0.15) is 228 Å². The predicted octanol–water partition coefficient (Wildman–Crippen LogP) is 17.3. The first-order valence-electron chi connectivity index (χ1n) is 24.6. The van der Waals surface area contributed by atoms with Crippen LogP contribution in [0.3, 0.4) is 0 Å². The molecule has 0 heterocycles. The quantitative estimate of drug-likeness (QED) is 0.0530. The third-order valence-corrected chi connectivity index (χ3v) is 13.5. The van der Waals surface area contributed by atoms with Crippen LogP contribution < -0.4 is 9.47 Å². The SMILES string of the molecule is COc1c(O)c(C)c(C/C=C(\C)CCCC(C)CC/C=C(\C)CCCC(C)CCCC(C)CCCC(C)CCCC(C)CCCC(C)CCCC(C)C)c(O)c1OC. The first-order valence-corrected chi connectivity index (χ1v) is 24.6. The zero-order valence-corrected chi connectivity index (χ0v) is 40.9. The molecule has 0 aliphatic heterocycles. The van der Waals surface area contributed by atoms with Crippen molar-refractivity contribution >= 4 is 0 Å². The van der Waals surface area contributed by atoms with Gasteiger partial charge in [-0.2, -0.15) is 0 Å². The van der Waals surface area contributed by atoms with E-state index in [0.717, 1.165) is 41.9 Å². The van der Waals surface area contributed by atoms with Crippen molar-refractivity contribution in [1.29, 1.82) is 0 Å². The molecule has 0 aromatic heterocycles. The Bertz CT molecular complexity index is 1260. The van der Waals surface area contributed by atoms with Crippen molar-refractivity contribution < 1.29 is 19.7 Å². The van der Waals surface area contributed by atoms with Gasteiger partial charge in [-0.1, -0.05) is 188 Å². The lowest BCUT2D eigenvalue weighted by Gasteiger charge is -2.17. The molecular weight excluding hydrogens is 713 g/mol. The molecule has 6 atom stereocenters. The summed E-state index contributed by atoms with van der Waals surface area (Å²) < 4.78 is 10.6. The molecule has 1 aromatic rings. The normalized spacial score (nSPS) is 15.7. The molecular formula is C54H98O4. The standard InChI is InChI=1S/C54H98O4/c1-40(2)22-14-23-41(3)24-15-25-42(4)26-16-27-43(5)28-17-29-44(6)30-18-31-45(7)32-19-33-46(8)34-20-35-47(9)36-21-37-48(10)38-39-50-49(11)51(55)53(57-12)54(58-13)52(50)56/h34,38,40-45,47,55-56H,14-33,35-37,39H2,1-13H3/b46-34+,48-38+. The Kier molecular flexibility index (Phi) is 29.5. The highest BCUT2D eigenvalue weighted by Gasteiger charge is 2.22. The maximum absolute atomic E-state index is 10.8. The number of aromatic hydroxyl groups is 2. The lowest BCUT2D eigenvalue weighted by Crippen LogP contribution is -2.02. The van der Waals surface area contributed by atoms with Gasteiger partial charge in [-0.05, 0) is 107 Å². The monoisotopic (exact) mass is 811 g/mol. The summed E-state index contributed by atoms with van der Waals surface area (Å²) in [4.78, 5) is 0. The van der Waals surface area contributed by atoms with Gasteiger partial charge in [0.2, 0.25) is 11.5 Å². The van der Waals surface area contributed by atoms with E-state index in [1.807, 2.05) is 0 Å². The van der Waals surface area contributed by atoms with Crippen molar-refractivity contribution in [2.24, 2.45) is 41.4 Å². The van der Waals surface area contributed by atoms with E-state index in [0.29, 0.717) is 23.5 Å². The zero-order chi connectivity index (χ0) is 43.5. The summed E-state index contributed by atoms with van der Waals surface area (Å²) in [6, 6.07) is 0. The molecule has 0 fully saturated rings. The van der Waals surface area contributed by atoms with Crippen LogP contribution in [0.2, 0.25) is 0 Å². The summed E-state index contributed by atoms with van der Waals surface area (Å²) >= 11 is 0. The molecule has 0 aliphatic rings. The number of phenolic OH excluding ortho intramolecular Hbond substituents is 2. The minimum absolute atomic E-state index is 0.0242. The average Bonchev–Trinajstić information content (AvgIpc) is 3.16. The third kappa shape index (κ3) is 24.2. The Morgan fingerprint density at radius 1 is 0.466 bits per heavy atom. The third-order valence-electron chi connectivity index (χ3n) is 13.5. The van der Waals surface area contributed by atoms with Crippen LogP contribution >= 0.6 is 0 Å². The molecule has 2 N–H and O–H groups in total. The molecule has 0 radical (unpaired) electrons. The predicted molar refractivity (Wildman–Crippen MR) is 255 cm³/mol. The topological polar surface area (TPSA) is 58.9 Å². The van der Waals surface area contributed by atoms with Gasteiger partial charge in [0, 0.05) is 11.1 Å². The van der Waals surface area contributed by atoms with Crippen LogP contribution in [-0.2, 0) is 6.42 Å². The fraction of sp³-hybridized carbons (Fsp3) is 0.815. The summed E-state index contributed by atoms with van der Waals surface area (Å²) in [6.07, 6.45) is 36.4. The number of methoxy groups -OCH3 is 2. The van der Waals surface area contributed by atoms with Crippen molar-refractivity contribution in [3.8, 4) is 23.0 Å². The fourth-order valence-corrected chi connectivity index (χ4v) is 9.02. The van der Waals surface area contributed by atoms with Crippen LogP contribution in [0.25, 0.3) is 0 Å². The van der Waals surface area contributed by atoms with Crippen molar-refractivity contribution in [2.45, 2.75) is 230 Å². The molecule has 0 aliphatic carbocycles. The van der Waals surface area contributed by atoms with Crippen molar-refractivity contribution in [1.82, 2.24) is 0 Å². The second kappa shape index (κ2) is 31.7. The van der Waals surface area contributed by atoms with E-state index in [9.17, 15) is 10.2 Å². The van der Waals surface area contributed by atoms with Crippen LogP contribution in [0, 0.1) is 48.3 Å². The number of hydrogen-bond donors (Lipinski definition) is 2. The summed E-state index contributed by atoms with van der Waals surface area (Å²) in [5.74, 6) is 6.45. The lowest BCUT2D eigenvalue weighted by atomic mass is 9.89. The molecule has 4 heteroatoms. The van der Waals surface area contributed by atoms with Crippen LogP contribution in [0.5, 0.6) is 23.0 Å². The van der Waals surface area contributed by atoms with E-state index in [4.69, 9.17) is 9.47 Å². The fourth-order valence-electron chi connectivity index (χ4n) is 9.02. The minimum Gasteiger partial charge on any atom is -0.504 e. The van der Waals surface area contributed by atoms with Crippen LogP contribution in [0.15, 0.2) is 23.3 Å². The van der Waals surface area contributed by atoms with Crippen molar-refractivity contribution in [2.75, 3.05) is 14.2 Å². The number of ether oxygens (including phenoxy) is 2. The maximum Gasteiger partial charge on any atom is 0.207 e. The number of hydrogen-bond acceptors (Lipinski definition) is 4. The molecule has 58 heavy (non-hydrogen) atoms. The average molecular weight is 811 g/mol. The summed E-state index contributed by atoms with van der Waals surface area (Å²) in [6.45, 7) is 25.8. The molecule has 0 saturated heterocycles. The molecule has 0 bridgehead atoms. The number of allylic oxidation sites excluding steroid dienone is 4. The highest BCUT2D eigenvalue weighted by Crippen LogP contribution is 2.48. The second-order valence-corrected chi connectivity index (χ2v) is 20.2. The molecule has 0 amide bonds. The minimum atomic E-state index is 0.0242. The molecule has 1 rings (SSSR count). The van der Waals surface area contributed by atoms with Crippen molar-refractivity contribution in [3.05, 3.63) is 34.4 Å². The van der Waals surface area contributed by atoms with Gasteiger partial charge in [0.15, 0.2) is 11.5 Å². The summed E-state index contributed by atoms with van der Waals surface area (Å²) in [5.41, 5.74) is 4.19. The van der Waals surface area contributed by atoms with Gasteiger partial charge in [0.25, 0.3) is 0 Å². The first-order chi connectivity index (χ1) is 27.6. The highest BCUT2D eigenvalue weighted by molar-refractivity contribution is 5.66. The molecule has 0 saturated carbocycles. The number of phenols is 2. The highest BCUT2D eigenvalue weighted by atomic mass is 16.5. The maximum atomic E-state index is 10.8. The van der Waals surface area contributed by atoms with Crippen molar-refractivity contribution in [3.63, 3.8) is 0 Å². The van der Waals surface area contributed by atoms with E-state index in [2.05, 4.69) is 81.4 Å². The Labute approximate surface area is 361 Å². The van der Waals surface area contributed by atoms with Gasteiger partial charge in [-0.25, -0.2) is 0 Å².